The maximum Gasteiger partial charge on any atom is 0.405 e. The molecule has 4 rings (SSSR count). The van der Waals surface area contributed by atoms with E-state index in [1.54, 1.807) is 6.07 Å². The molecule has 0 saturated heterocycles. The van der Waals surface area contributed by atoms with Gasteiger partial charge in [-0.05, 0) is 36.0 Å². The quantitative estimate of drug-likeness (QED) is 0.0340. The molecule has 0 spiro atoms. The van der Waals surface area contributed by atoms with E-state index in [0.717, 1.165) is 23.1 Å². The van der Waals surface area contributed by atoms with E-state index in [9.17, 15) is 27.2 Å². The SMILES string of the molecule is CN(/C=C(\C(=O)N(C=O)COP(O)O)c1cc(C2C[C@@H]2c2ccc(C=N)c(NCC(F)(F)F)c2)c2ncc(F)n2n1)COP(O)O. The molecule has 0 radical (unpaired) electrons. The molecule has 3 aromatic rings. The number of amides is 2. The number of fused-ring (bicyclic) bond motifs is 1. The van der Waals surface area contributed by atoms with Crippen LogP contribution in [0, 0.1) is 11.4 Å². The number of alkyl halides is 3. The van der Waals surface area contributed by atoms with E-state index >= 15 is 0 Å². The maximum absolute atomic E-state index is 14.9. The van der Waals surface area contributed by atoms with Gasteiger partial charge < -0.3 is 35.2 Å². The van der Waals surface area contributed by atoms with Crippen molar-refractivity contribution in [1.82, 2.24) is 24.4 Å². The van der Waals surface area contributed by atoms with Crippen LogP contribution in [-0.2, 0) is 18.6 Å². The van der Waals surface area contributed by atoms with Crippen molar-refractivity contribution in [1.29, 1.82) is 5.41 Å². The Balaban J connectivity index is 1.75. The van der Waals surface area contributed by atoms with Gasteiger partial charge in [0.05, 0.1) is 17.5 Å². The van der Waals surface area contributed by atoms with Gasteiger partial charge in [0.1, 0.15) is 20.0 Å². The zero-order valence-electron chi connectivity index (χ0n) is 23.7. The molecule has 2 heterocycles. The van der Waals surface area contributed by atoms with Crippen molar-refractivity contribution in [2.45, 2.75) is 24.4 Å². The summed E-state index contributed by atoms with van der Waals surface area (Å²) in [7, 11) is -4.33. The van der Waals surface area contributed by atoms with Crippen LogP contribution >= 0.6 is 17.2 Å². The first-order chi connectivity index (χ1) is 21.7. The molecule has 1 aromatic carbocycles. The van der Waals surface area contributed by atoms with Crippen LogP contribution in [0.3, 0.4) is 0 Å². The number of aromatic nitrogens is 3. The molecule has 0 aliphatic heterocycles. The van der Waals surface area contributed by atoms with Crippen LogP contribution in [0.5, 0.6) is 0 Å². The fourth-order valence-corrected chi connectivity index (χ4v) is 5.11. The summed E-state index contributed by atoms with van der Waals surface area (Å²) >= 11 is 0. The Labute approximate surface area is 260 Å². The monoisotopic (exact) mass is 691 g/mol. The second-order valence-electron chi connectivity index (χ2n) is 9.91. The number of nitrogens with zero attached hydrogens (tertiary/aromatic N) is 5. The predicted octanol–water partition coefficient (Wildman–Crippen LogP) is 2.74. The molecule has 1 aliphatic rings. The van der Waals surface area contributed by atoms with E-state index < -0.39 is 55.2 Å². The molecular weight excluding hydrogens is 664 g/mol. The van der Waals surface area contributed by atoms with Gasteiger partial charge in [0, 0.05) is 36.3 Å². The number of carbonyl (C=O) groups excluding carboxylic acids is 2. The summed E-state index contributed by atoms with van der Waals surface area (Å²) in [4.78, 5) is 67.4. The lowest BCUT2D eigenvalue weighted by molar-refractivity contribution is -0.137. The minimum atomic E-state index is -4.49. The highest BCUT2D eigenvalue weighted by Gasteiger charge is 2.42. The predicted molar refractivity (Wildman–Crippen MR) is 155 cm³/mol. The summed E-state index contributed by atoms with van der Waals surface area (Å²) < 4.78 is 63.7. The van der Waals surface area contributed by atoms with Crippen molar-refractivity contribution >= 4 is 52.6 Å². The van der Waals surface area contributed by atoms with Crippen molar-refractivity contribution < 1.29 is 55.8 Å². The zero-order valence-corrected chi connectivity index (χ0v) is 25.5. The fraction of sp³-hybridized carbons (Fsp3) is 0.320. The fourth-order valence-electron chi connectivity index (χ4n) is 4.59. The van der Waals surface area contributed by atoms with E-state index in [1.165, 1.54) is 30.1 Å². The average molecular weight is 691 g/mol. The minimum absolute atomic E-state index is 0.0583. The van der Waals surface area contributed by atoms with Gasteiger partial charge in [0.25, 0.3) is 5.91 Å². The first-order valence-electron chi connectivity index (χ1n) is 13.0. The topological polar surface area (TPSA) is 206 Å². The van der Waals surface area contributed by atoms with Gasteiger partial charge in [0.2, 0.25) is 12.4 Å². The molecule has 1 saturated carbocycles. The lowest BCUT2D eigenvalue weighted by Crippen LogP contribution is -2.33. The Kier molecular flexibility index (Phi) is 11.3. The number of nitrogens with one attached hydrogen (secondary N) is 2. The normalized spacial score (nSPS) is 16.6. The van der Waals surface area contributed by atoms with E-state index in [1.807, 2.05) is 0 Å². The molecular formula is C25H27F4N7O8P2. The molecule has 0 bridgehead atoms. The van der Waals surface area contributed by atoms with Crippen LogP contribution < -0.4 is 5.32 Å². The van der Waals surface area contributed by atoms with Crippen LogP contribution in [-0.4, -0.2) is 95.7 Å². The van der Waals surface area contributed by atoms with Crippen molar-refractivity contribution in [3.8, 4) is 0 Å². The molecule has 21 heteroatoms. The third kappa shape index (κ3) is 8.77. The molecule has 1 aliphatic carbocycles. The van der Waals surface area contributed by atoms with Crippen molar-refractivity contribution in [3.63, 3.8) is 0 Å². The summed E-state index contributed by atoms with van der Waals surface area (Å²) in [5.74, 6) is -2.61. The number of imidazole rings is 1. The van der Waals surface area contributed by atoms with Gasteiger partial charge >= 0.3 is 23.4 Å². The summed E-state index contributed by atoms with van der Waals surface area (Å²) in [5, 5.41) is 14.0. The standard InChI is InChI=1S/C25H27F4N7O8P2/c1-34(12-43-45(39)40)9-19(24(38)35(11-37)13-44-46(41)42)21-6-18(23-31-8-22(26)36(23)33-21)17-5-16(17)14-2-3-15(7-30)20(4-14)32-10-25(27,28)29/h2-4,6-9,11,16-17,30,32,39-42H,5,10,12-13H2,1H3/b19-9-,30-7?/t16-,17?/m1/s1. The van der Waals surface area contributed by atoms with E-state index in [4.69, 9.17) is 29.5 Å². The molecule has 15 nitrogen and oxygen atoms in total. The largest absolute Gasteiger partial charge is 0.405 e. The van der Waals surface area contributed by atoms with Gasteiger partial charge in [-0.25, -0.2) is 4.98 Å². The number of imide groups is 1. The third-order valence-electron chi connectivity index (χ3n) is 6.72. The Bertz CT molecular complexity index is 1620. The molecule has 46 heavy (non-hydrogen) atoms. The molecule has 1 unspecified atom stereocenters. The number of benzene rings is 1. The number of carbonyl (C=O) groups is 2. The summed E-state index contributed by atoms with van der Waals surface area (Å²) in [6.45, 7) is -2.62. The molecule has 2 aromatic heterocycles. The van der Waals surface area contributed by atoms with Gasteiger partial charge in [-0.15, -0.1) is 0 Å². The number of anilines is 1. The van der Waals surface area contributed by atoms with Crippen LogP contribution in [0.1, 0.15) is 40.6 Å². The molecule has 2 amide bonds. The number of rotatable bonds is 15. The molecule has 1 fully saturated rings. The highest BCUT2D eigenvalue weighted by Crippen LogP contribution is 2.56. The van der Waals surface area contributed by atoms with E-state index in [0.29, 0.717) is 22.4 Å². The van der Waals surface area contributed by atoms with Gasteiger partial charge in [0.15, 0.2) is 5.65 Å². The van der Waals surface area contributed by atoms with Crippen LogP contribution in [0.25, 0.3) is 11.2 Å². The highest BCUT2D eigenvalue weighted by atomic mass is 31.2. The first-order valence-corrected chi connectivity index (χ1v) is 15.3. The van der Waals surface area contributed by atoms with Gasteiger partial charge in [-0.3, -0.25) is 23.5 Å². The average Bonchev–Trinajstić information content (AvgIpc) is 3.72. The van der Waals surface area contributed by atoms with Crippen LogP contribution in [0.4, 0.5) is 23.2 Å². The van der Waals surface area contributed by atoms with Crippen molar-refractivity contribution in [3.05, 3.63) is 65.0 Å². The lowest BCUT2D eigenvalue weighted by Gasteiger charge is -2.21. The molecule has 6 N–H and O–H groups in total. The Hall–Kier alpha value is -3.67. The summed E-state index contributed by atoms with van der Waals surface area (Å²) in [6.07, 6.45) is -1.03. The van der Waals surface area contributed by atoms with Crippen LogP contribution in [0.2, 0.25) is 0 Å². The second-order valence-corrected chi connectivity index (χ2v) is 11.4. The van der Waals surface area contributed by atoms with E-state index in [-0.39, 0.29) is 46.4 Å². The number of hydrogen-bond donors (Lipinski definition) is 6. The lowest BCUT2D eigenvalue weighted by atomic mass is 10.0. The zero-order chi connectivity index (χ0) is 33.8. The Morgan fingerprint density at radius 2 is 1.87 bits per heavy atom. The Morgan fingerprint density at radius 1 is 1.17 bits per heavy atom. The van der Waals surface area contributed by atoms with Crippen LogP contribution in [0.15, 0.2) is 36.7 Å². The smallest absolute Gasteiger partial charge is 0.376 e. The van der Waals surface area contributed by atoms with Gasteiger partial charge in [-0.1, -0.05) is 12.1 Å². The third-order valence-corrected chi connectivity index (χ3v) is 7.41. The van der Waals surface area contributed by atoms with Gasteiger partial charge in [-0.2, -0.15) is 27.2 Å². The van der Waals surface area contributed by atoms with Crippen molar-refractivity contribution in [2.24, 2.45) is 0 Å². The number of hydrogen-bond acceptors (Lipinski definition) is 13. The minimum Gasteiger partial charge on any atom is -0.376 e. The Morgan fingerprint density at radius 3 is 2.50 bits per heavy atom. The van der Waals surface area contributed by atoms with Crippen molar-refractivity contribution in [2.75, 3.05) is 32.4 Å². The van der Waals surface area contributed by atoms with E-state index in [2.05, 4.69) is 19.9 Å². The maximum atomic E-state index is 14.9. The highest BCUT2D eigenvalue weighted by molar-refractivity contribution is 7.39. The molecule has 248 valence electrons. The summed E-state index contributed by atoms with van der Waals surface area (Å²) in [5.41, 5.74) is 0.959. The number of halogens is 4. The first kappa shape index (κ1) is 35.2. The summed E-state index contributed by atoms with van der Waals surface area (Å²) in [6, 6.07) is 6.10. The second kappa shape index (κ2) is 14.8. The molecule has 2 atom stereocenters.